The molecular formula is C15H17BF3N3O2. The van der Waals surface area contributed by atoms with Gasteiger partial charge in [0.25, 0.3) is 0 Å². The molecule has 24 heavy (non-hydrogen) atoms. The molecule has 5 nitrogen and oxygen atoms in total. The summed E-state index contributed by atoms with van der Waals surface area (Å²) in [6.45, 7) is 7.70. The van der Waals surface area contributed by atoms with Gasteiger partial charge in [-0.3, -0.25) is 0 Å². The van der Waals surface area contributed by atoms with Crippen molar-refractivity contribution in [2.75, 3.05) is 0 Å². The van der Waals surface area contributed by atoms with Crippen LogP contribution in [0.4, 0.5) is 13.2 Å². The molecule has 0 amide bonds. The maximum atomic E-state index is 12.6. The Labute approximate surface area is 137 Å². The maximum Gasteiger partial charge on any atom is 0.518 e. The zero-order valence-electron chi connectivity index (χ0n) is 13.8. The Hall–Kier alpha value is -1.87. The van der Waals surface area contributed by atoms with E-state index >= 15 is 0 Å². The minimum atomic E-state index is -4.37. The average Bonchev–Trinajstić information content (AvgIpc) is 3.02. The van der Waals surface area contributed by atoms with Gasteiger partial charge in [0, 0.05) is 0 Å². The number of hydrogen-bond donors (Lipinski definition) is 0. The van der Waals surface area contributed by atoms with E-state index in [1.807, 2.05) is 27.7 Å². The van der Waals surface area contributed by atoms with Crippen molar-refractivity contribution >= 4 is 12.7 Å². The summed E-state index contributed by atoms with van der Waals surface area (Å²) in [5, 5.41) is 8.34. The summed E-state index contributed by atoms with van der Waals surface area (Å²) < 4.78 is 49.6. The van der Waals surface area contributed by atoms with Crippen LogP contribution in [-0.2, 0) is 15.5 Å². The molecule has 2 aromatic rings. The molecule has 1 saturated heterocycles. The first kappa shape index (κ1) is 17.0. The average molecular weight is 339 g/mol. The first-order valence-corrected chi connectivity index (χ1v) is 7.45. The Bertz CT molecular complexity index is 725. The van der Waals surface area contributed by atoms with Crippen LogP contribution < -0.4 is 5.59 Å². The molecule has 128 valence electrons. The van der Waals surface area contributed by atoms with Gasteiger partial charge in [-0.15, -0.1) is 0 Å². The number of halogens is 3. The van der Waals surface area contributed by atoms with E-state index in [9.17, 15) is 13.2 Å². The highest BCUT2D eigenvalue weighted by atomic mass is 19.4. The zero-order valence-corrected chi connectivity index (χ0v) is 13.8. The van der Waals surface area contributed by atoms with Gasteiger partial charge in [0.05, 0.1) is 28.6 Å². The van der Waals surface area contributed by atoms with Crippen LogP contribution in [0.25, 0.3) is 5.69 Å². The van der Waals surface area contributed by atoms with E-state index in [1.165, 1.54) is 23.1 Å². The fourth-order valence-corrected chi connectivity index (χ4v) is 2.25. The highest BCUT2D eigenvalue weighted by Gasteiger charge is 2.52. The standard InChI is InChI=1S/C15H17BF3N3O2/c1-13(2)14(3,4)24-16(23-13)12-9-20-22(21-12)11-7-5-10(6-8-11)15(17,18)19/h5-9H,1-4H3. The van der Waals surface area contributed by atoms with Crippen LogP contribution in [0.5, 0.6) is 0 Å². The van der Waals surface area contributed by atoms with Crippen LogP contribution in [0.2, 0.25) is 0 Å². The summed E-state index contributed by atoms with van der Waals surface area (Å²) in [7, 11) is -0.668. The molecule has 0 atom stereocenters. The van der Waals surface area contributed by atoms with Gasteiger partial charge in [-0.2, -0.15) is 28.2 Å². The monoisotopic (exact) mass is 339 g/mol. The molecule has 0 radical (unpaired) electrons. The van der Waals surface area contributed by atoms with E-state index in [0.717, 1.165) is 12.1 Å². The first-order chi connectivity index (χ1) is 11.0. The van der Waals surface area contributed by atoms with Crippen molar-refractivity contribution in [3.05, 3.63) is 36.0 Å². The van der Waals surface area contributed by atoms with Gasteiger partial charge in [-0.05, 0) is 52.0 Å². The van der Waals surface area contributed by atoms with Crippen molar-refractivity contribution in [1.29, 1.82) is 0 Å². The molecule has 0 bridgehead atoms. The molecule has 3 rings (SSSR count). The number of hydrogen-bond acceptors (Lipinski definition) is 4. The lowest BCUT2D eigenvalue weighted by Gasteiger charge is -2.32. The third-order valence-electron chi connectivity index (χ3n) is 4.43. The number of aromatic nitrogens is 3. The predicted octanol–water partition coefficient (Wildman–Crippen LogP) is 2.59. The number of alkyl halides is 3. The SMILES string of the molecule is CC1(C)OB(c2cnn(-c3ccc(C(F)(F)F)cc3)n2)OC1(C)C. The minimum Gasteiger partial charge on any atom is -0.398 e. The second-order valence-electron chi connectivity index (χ2n) is 6.69. The van der Waals surface area contributed by atoms with Crippen LogP contribution in [-0.4, -0.2) is 33.3 Å². The largest absolute Gasteiger partial charge is 0.518 e. The van der Waals surface area contributed by atoms with Crippen LogP contribution >= 0.6 is 0 Å². The fraction of sp³-hybridized carbons (Fsp3) is 0.467. The van der Waals surface area contributed by atoms with E-state index in [-0.39, 0.29) is 0 Å². The quantitative estimate of drug-likeness (QED) is 0.790. The number of benzene rings is 1. The third-order valence-corrected chi connectivity index (χ3v) is 4.43. The van der Waals surface area contributed by atoms with Crippen molar-refractivity contribution in [3.63, 3.8) is 0 Å². The summed E-state index contributed by atoms with van der Waals surface area (Å²) in [4.78, 5) is 1.25. The highest BCUT2D eigenvalue weighted by Crippen LogP contribution is 2.36. The first-order valence-electron chi connectivity index (χ1n) is 7.45. The molecule has 0 unspecified atom stereocenters. The van der Waals surface area contributed by atoms with Crippen molar-refractivity contribution in [2.45, 2.75) is 45.1 Å². The van der Waals surface area contributed by atoms with Gasteiger partial charge >= 0.3 is 13.3 Å². The smallest absolute Gasteiger partial charge is 0.398 e. The van der Waals surface area contributed by atoms with Crippen LogP contribution in [0.3, 0.4) is 0 Å². The van der Waals surface area contributed by atoms with Gasteiger partial charge in [0.1, 0.15) is 5.59 Å². The lowest BCUT2D eigenvalue weighted by molar-refractivity contribution is -0.137. The lowest BCUT2D eigenvalue weighted by atomic mass is 9.86. The Kier molecular flexibility index (Phi) is 3.76. The summed E-state index contributed by atoms with van der Waals surface area (Å²) in [5.41, 5.74) is -0.838. The fourth-order valence-electron chi connectivity index (χ4n) is 2.25. The van der Waals surface area contributed by atoms with Crippen LogP contribution in [0, 0.1) is 0 Å². The maximum absolute atomic E-state index is 12.6. The highest BCUT2D eigenvalue weighted by molar-refractivity contribution is 6.61. The molecular weight excluding hydrogens is 322 g/mol. The normalized spacial score (nSPS) is 19.7. The van der Waals surface area contributed by atoms with E-state index in [0.29, 0.717) is 11.3 Å². The zero-order chi connectivity index (χ0) is 17.8. The van der Waals surface area contributed by atoms with Gasteiger partial charge in [-0.1, -0.05) is 0 Å². The summed E-state index contributed by atoms with van der Waals surface area (Å²) in [6, 6.07) is 4.62. The van der Waals surface area contributed by atoms with Crippen LogP contribution in [0.1, 0.15) is 33.3 Å². The molecule has 0 saturated carbocycles. The van der Waals surface area contributed by atoms with Crippen LogP contribution in [0.15, 0.2) is 30.5 Å². The molecule has 0 spiro atoms. The number of nitrogens with zero attached hydrogens (tertiary/aromatic N) is 3. The summed E-state index contributed by atoms with van der Waals surface area (Å²) in [5.74, 6) is 0. The molecule has 1 aliphatic rings. The van der Waals surface area contributed by atoms with E-state index in [4.69, 9.17) is 9.31 Å². The molecule has 1 aliphatic heterocycles. The lowest BCUT2D eigenvalue weighted by Crippen LogP contribution is -2.41. The minimum absolute atomic E-state index is 0.422. The van der Waals surface area contributed by atoms with Crippen molar-refractivity contribution in [2.24, 2.45) is 0 Å². The molecule has 1 fully saturated rings. The summed E-state index contributed by atoms with van der Waals surface area (Å²) in [6.07, 6.45) is -2.89. The Morgan fingerprint density at radius 1 is 1.00 bits per heavy atom. The van der Waals surface area contributed by atoms with E-state index in [2.05, 4.69) is 10.2 Å². The molecule has 1 aromatic carbocycles. The van der Waals surface area contributed by atoms with Gasteiger partial charge in [0.15, 0.2) is 0 Å². The number of rotatable bonds is 2. The third kappa shape index (κ3) is 2.93. The van der Waals surface area contributed by atoms with Gasteiger partial charge in [0.2, 0.25) is 0 Å². The molecule has 1 aromatic heterocycles. The molecule has 9 heteroatoms. The Morgan fingerprint density at radius 3 is 2.04 bits per heavy atom. The molecule has 0 aliphatic carbocycles. The van der Waals surface area contributed by atoms with Crippen molar-refractivity contribution in [1.82, 2.24) is 15.0 Å². The van der Waals surface area contributed by atoms with Gasteiger partial charge < -0.3 is 9.31 Å². The summed E-state index contributed by atoms with van der Waals surface area (Å²) >= 11 is 0. The van der Waals surface area contributed by atoms with Gasteiger partial charge in [-0.25, -0.2) is 0 Å². The second kappa shape index (κ2) is 5.32. The van der Waals surface area contributed by atoms with Crippen molar-refractivity contribution in [3.8, 4) is 5.69 Å². The van der Waals surface area contributed by atoms with E-state index in [1.54, 1.807) is 0 Å². The molecule has 0 N–H and O–H groups in total. The van der Waals surface area contributed by atoms with Crippen molar-refractivity contribution < 1.29 is 22.5 Å². The Morgan fingerprint density at radius 2 is 1.54 bits per heavy atom. The van der Waals surface area contributed by atoms with E-state index < -0.39 is 30.1 Å². The second-order valence-corrected chi connectivity index (χ2v) is 6.69. The Balaban J connectivity index is 1.82. The predicted molar refractivity (Wildman–Crippen MR) is 82.1 cm³/mol. The molecule has 2 heterocycles. The topological polar surface area (TPSA) is 49.2 Å².